The molecule has 0 saturated carbocycles. The maximum absolute atomic E-state index is 13.0. The first-order valence-electron chi connectivity index (χ1n) is 9.86. The minimum absolute atomic E-state index is 0.0574. The van der Waals surface area contributed by atoms with E-state index in [2.05, 4.69) is 20.0 Å². The van der Waals surface area contributed by atoms with E-state index in [1.807, 2.05) is 41.1 Å². The lowest BCUT2D eigenvalue weighted by molar-refractivity contribution is -0.111. The van der Waals surface area contributed by atoms with Crippen molar-refractivity contribution in [1.29, 1.82) is 0 Å². The van der Waals surface area contributed by atoms with Crippen molar-refractivity contribution in [3.63, 3.8) is 0 Å². The molecule has 168 valence electrons. The molecule has 0 atom stereocenters. The number of sulfonamides is 1. The van der Waals surface area contributed by atoms with E-state index < -0.39 is 10.0 Å². The summed E-state index contributed by atoms with van der Waals surface area (Å²) in [5.41, 5.74) is 1.69. The molecule has 10 heteroatoms. The molecule has 1 amide bonds. The van der Waals surface area contributed by atoms with Crippen molar-refractivity contribution in [1.82, 2.24) is 9.97 Å². The van der Waals surface area contributed by atoms with Crippen LogP contribution in [0.5, 0.6) is 0 Å². The van der Waals surface area contributed by atoms with Crippen LogP contribution in [0.4, 0.5) is 11.5 Å². The third-order valence-electron chi connectivity index (χ3n) is 4.49. The fraction of sp³-hybridized carbons (Fsp3) is 0.0870. The van der Waals surface area contributed by atoms with E-state index in [-0.39, 0.29) is 16.6 Å². The maximum Gasteiger partial charge on any atom is 0.263 e. The van der Waals surface area contributed by atoms with Crippen LogP contribution in [-0.2, 0) is 14.8 Å². The Balaban J connectivity index is 1.52. The van der Waals surface area contributed by atoms with E-state index in [0.717, 1.165) is 9.75 Å². The minimum Gasteiger partial charge on any atom is -0.322 e. The van der Waals surface area contributed by atoms with Gasteiger partial charge in [0.05, 0.1) is 10.5 Å². The van der Waals surface area contributed by atoms with Gasteiger partial charge in [0.2, 0.25) is 0 Å². The Morgan fingerprint density at radius 2 is 1.70 bits per heavy atom. The van der Waals surface area contributed by atoms with E-state index in [1.165, 1.54) is 23.5 Å². The molecule has 3 heterocycles. The molecule has 0 radical (unpaired) electrons. The number of anilines is 2. The molecule has 0 aliphatic rings. The molecule has 1 aromatic carbocycles. The Hall–Kier alpha value is -3.34. The van der Waals surface area contributed by atoms with E-state index in [0.29, 0.717) is 22.8 Å². The Labute approximate surface area is 199 Å². The average Bonchev–Trinajstić information content (AvgIpc) is 3.45. The first kappa shape index (κ1) is 22.8. The van der Waals surface area contributed by atoms with Gasteiger partial charge in [-0.1, -0.05) is 12.1 Å². The van der Waals surface area contributed by atoms with Gasteiger partial charge in [-0.05, 0) is 67.1 Å². The Morgan fingerprint density at radius 3 is 2.33 bits per heavy atom. The normalized spacial score (nSPS) is 11.9. The van der Waals surface area contributed by atoms with Crippen molar-refractivity contribution in [2.24, 2.45) is 0 Å². The van der Waals surface area contributed by atoms with Gasteiger partial charge in [0, 0.05) is 27.2 Å². The van der Waals surface area contributed by atoms with Crippen molar-refractivity contribution in [2.75, 3.05) is 10.0 Å². The van der Waals surface area contributed by atoms with Crippen LogP contribution in [0.3, 0.4) is 0 Å². The zero-order valence-electron chi connectivity index (χ0n) is 17.8. The smallest absolute Gasteiger partial charge is 0.263 e. The molecule has 0 unspecified atom stereocenters. The number of nitrogens with one attached hydrogen (secondary N) is 2. The molecule has 0 fully saturated rings. The number of carbonyl (C=O) groups excluding carboxylic acids is 1. The summed E-state index contributed by atoms with van der Waals surface area (Å²) in [5.74, 6) is 0.408. The fourth-order valence-electron chi connectivity index (χ4n) is 3.08. The van der Waals surface area contributed by atoms with Crippen LogP contribution in [0, 0.1) is 13.8 Å². The monoisotopic (exact) mass is 496 g/mol. The van der Waals surface area contributed by atoms with E-state index in [9.17, 15) is 13.2 Å². The summed E-state index contributed by atoms with van der Waals surface area (Å²) in [4.78, 5) is 23.1. The molecule has 0 saturated heterocycles. The number of aromatic nitrogens is 2. The topological polar surface area (TPSA) is 101 Å². The summed E-state index contributed by atoms with van der Waals surface area (Å²) in [5, 5.41) is 6.72. The van der Waals surface area contributed by atoms with Gasteiger partial charge >= 0.3 is 0 Å². The van der Waals surface area contributed by atoms with Gasteiger partial charge in [-0.3, -0.25) is 9.52 Å². The van der Waals surface area contributed by atoms with Crippen molar-refractivity contribution >= 4 is 61.8 Å². The molecule has 4 rings (SSSR count). The Bertz CT molecular complexity index is 1370. The van der Waals surface area contributed by atoms with Gasteiger partial charge in [0.1, 0.15) is 11.6 Å². The number of carbonyl (C=O) groups is 1. The van der Waals surface area contributed by atoms with Crippen LogP contribution in [0.1, 0.15) is 21.3 Å². The second kappa shape index (κ2) is 9.65. The lowest BCUT2D eigenvalue weighted by Gasteiger charge is -2.10. The molecule has 0 aliphatic carbocycles. The predicted octanol–water partition coefficient (Wildman–Crippen LogP) is 5.20. The van der Waals surface area contributed by atoms with Gasteiger partial charge in [-0.25, -0.2) is 18.4 Å². The van der Waals surface area contributed by atoms with Crippen LogP contribution in [-0.4, -0.2) is 24.3 Å². The molecule has 7 nitrogen and oxygen atoms in total. The highest BCUT2D eigenvalue weighted by atomic mass is 32.2. The zero-order valence-corrected chi connectivity index (χ0v) is 20.2. The number of aryl methyl sites for hydroxylation is 2. The highest BCUT2D eigenvalue weighted by molar-refractivity contribution is 7.92. The standard InChI is InChI=1S/C23H20N4O3S3/c1-15-13-22(25-16(2)24-15)27-33(29,30)19-9-7-17(8-10-19)26-23(28)20(21-6-4-12-32-21)14-18-5-3-11-31-18/h3-14H,1-2H3,(H,26,28)(H,24,25,27). The third-order valence-corrected chi connectivity index (χ3v) is 7.58. The largest absolute Gasteiger partial charge is 0.322 e. The summed E-state index contributed by atoms with van der Waals surface area (Å²) in [6, 6.07) is 15.2. The van der Waals surface area contributed by atoms with Crippen molar-refractivity contribution in [2.45, 2.75) is 18.7 Å². The van der Waals surface area contributed by atoms with Gasteiger partial charge in [-0.2, -0.15) is 0 Å². The molecule has 4 aromatic rings. The van der Waals surface area contributed by atoms with E-state index in [4.69, 9.17) is 0 Å². The van der Waals surface area contributed by atoms with Gasteiger partial charge in [-0.15, -0.1) is 22.7 Å². The predicted molar refractivity (Wildman–Crippen MR) is 134 cm³/mol. The van der Waals surface area contributed by atoms with E-state index >= 15 is 0 Å². The molecular weight excluding hydrogens is 476 g/mol. The number of rotatable bonds is 7. The summed E-state index contributed by atoms with van der Waals surface area (Å²) in [6.45, 7) is 3.46. The fourth-order valence-corrected chi connectivity index (χ4v) is 5.47. The summed E-state index contributed by atoms with van der Waals surface area (Å²) in [7, 11) is -3.84. The molecular formula is C23H20N4O3S3. The number of thiophene rings is 2. The van der Waals surface area contributed by atoms with Crippen LogP contribution < -0.4 is 10.0 Å². The molecule has 0 bridgehead atoms. The number of nitrogens with zero attached hydrogens (tertiary/aromatic N) is 2. The number of amides is 1. The Morgan fingerprint density at radius 1 is 0.970 bits per heavy atom. The maximum atomic E-state index is 13.0. The SMILES string of the molecule is Cc1cc(NS(=O)(=O)c2ccc(NC(=O)C(=Cc3cccs3)c3cccs3)cc2)nc(C)n1. The van der Waals surface area contributed by atoms with E-state index in [1.54, 1.807) is 43.4 Å². The van der Waals surface area contributed by atoms with Crippen LogP contribution >= 0.6 is 22.7 Å². The molecule has 0 aliphatic heterocycles. The molecule has 33 heavy (non-hydrogen) atoms. The Kier molecular flexibility index (Phi) is 6.68. The average molecular weight is 497 g/mol. The van der Waals surface area contributed by atoms with Crippen LogP contribution in [0.15, 0.2) is 70.3 Å². The van der Waals surface area contributed by atoms with Crippen molar-refractivity contribution < 1.29 is 13.2 Å². The number of hydrogen-bond donors (Lipinski definition) is 2. The molecule has 2 N–H and O–H groups in total. The first-order chi connectivity index (χ1) is 15.8. The van der Waals surface area contributed by atoms with Gasteiger partial charge in [0.25, 0.3) is 15.9 Å². The van der Waals surface area contributed by atoms with Crippen molar-refractivity contribution in [3.05, 3.63) is 86.6 Å². The van der Waals surface area contributed by atoms with Gasteiger partial charge in [0.15, 0.2) is 0 Å². The third kappa shape index (κ3) is 5.72. The number of benzene rings is 1. The molecule has 3 aromatic heterocycles. The highest BCUT2D eigenvalue weighted by Crippen LogP contribution is 2.26. The minimum atomic E-state index is -3.84. The second-order valence-electron chi connectivity index (χ2n) is 7.08. The summed E-state index contributed by atoms with van der Waals surface area (Å²) < 4.78 is 27.9. The van der Waals surface area contributed by atoms with Crippen molar-refractivity contribution in [3.8, 4) is 0 Å². The van der Waals surface area contributed by atoms with Crippen LogP contribution in [0.2, 0.25) is 0 Å². The first-order valence-corrected chi connectivity index (χ1v) is 13.1. The van der Waals surface area contributed by atoms with Gasteiger partial charge < -0.3 is 5.32 Å². The number of hydrogen-bond acceptors (Lipinski definition) is 7. The highest BCUT2D eigenvalue weighted by Gasteiger charge is 2.17. The lowest BCUT2D eigenvalue weighted by atomic mass is 10.1. The van der Waals surface area contributed by atoms with Crippen LogP contribution in [0.25, 0.3) is 11.6 Å². The summed E-state index contributed by atoms with van der Waals surface area (Å²) >= 11 is 3.02. The summed E-state index contributed by atoms with van der Waals surface area (Å²) in [6.07, 6.45) is 1.85. The second-order valence-corrected chi connectivity index (χ2v) is 10.7. The quantitative estimate of drug-likeness (QED) is 0.343. The lowest BCUT2D eigenvalue weighted by Crippen LogP contribution is -2.15. The zero-order chi connectivity index (χ0) is 23.4. The molecule has 0 spiro atoms.